The fourth-order valence-electron chi connectivity index (χ4n) is 3.17. The molecule has 0 radical (unpaired) electrons. The molecule has 0 saturated heterocycles. The number of aromatic nitrogens is 2. The first-order valence-corrected chi connectivity index (χ1v) is 9.11. The number of benzene rings is 1. The van der Waals surface area contributed by atoms with Crippen molar-refractivity contribution in [2.75, 3.05) is 0 Å². The van der Waals surface area contributed by atoms with Crippen molar-refractivity contribution in [3.63, 3.8) is 0 Å². The number of H-pyrrole nitrogens is 1. The number of hydrogen-bond donors (Lipinski definition) is 2. The molecular formula is C21H19ClN2O3. The molecule has 0 atom stereocenters. The van der Waals surface area contributed by atoms with E-state index in [2.05, 4.69) is 28.4 Å². The van der Waals surface area contributed by atoms with Gasteiger partial charge in [-0.1, -0.05) is 35.4 Å². The second kappa shape index (κ2) is 7.37. The van der Waals surface area contributed by atoms with E-state index in [-0.39, 0.29) is 10.8 Å². The van der Waals surface area contributed by atoms with Gasteiger partial charge in [0.25, 0.3) is 0 Å². The number of nitrogens with one attached hydrogen (secondary N) is 1. The number of aryl methyl sites for hydroxylation is 1. The van der Waals surface area contributed by atoms with Gasteiger partial charge in [-0.2, -0.15) is 5.10 Å². The van der Waals surface area contributed by atoms with Gasteiger partial charge in [-0.05, 0) is 38.0 Å². The van der Waals surface area contributed by atoms with Gasteiger partial charge in [-0.25, -0.2) is 0 Å². The van der Waals surface area contributed by atoms with Crippen molar-refractivity contribution in [1.82, 2.24) is 10.2 Å². The monoisotopic (exact) mass is 382 g/mol. The molecule has 5 nitrogen and oxygen atoms in total. The highest BCUT2D eigenvalue weighted by Gasteiger charge is 2.22. The van der Waals surface area contributed by atoms with Crippen LogP contribution in [0.15, 0.2) is 60.3 Å². The number of hydrogen-bond acceptors (Lipinski definition) is 4. The van der Waals surface area contributed by atoms with Gasteiger partial charge >= 0.3 is 0 Å². The molecule has 27 heavy (non-hydrogen) atoms. The molecule has 1 aliphatic carbocycles. The lowest BCUT2D eigenvalue weighted by Gasteiger charge is -2.19. The predicted octanol–water partition coefficient (Wildman–Crippen LogP) is 5.60. The van der Waals surface area contributed by atoms with E-state index in [1.165, 1.54) is 5.57 Å². The van der Waals surface area contributed by atoms with Gasteiger partial charge in [-0.3, -0.25) is 5.10 Å². The van der Waals surface area contributed by atoms with Gasteiger partial charge in [-0.15, -0.1) is 0 Å². The van der Waals surface area contributed by atoms with E-state index in [1.54, 1.807) is 30.7 Å². The molecule has 0 unspecified atom stereocenters. The lowest BCUT2D eigenvalue weighted by molar-refractivity contribution is 0.273. The summed E-state index contributed by atoms with van der Waals surface area (Å²) in [7, 11) is 0. The Labute approximate surface area is 162 Å². The normalized spacial score (nSPS) is 16.1. The maximum absolute atomic E-state index is 9.67. The summed E-state index contributed by atoms with van der Waals surface area (Å²) in [6, 6.07) is 4.99. The summed E-state index contributed by atoms with van der Waals surface area (Å²) >= 11 is 6.06. The molecule has 0 bridgehead atoms. The largest absolute Gasteiger partial charge is 0.506 e. The predicted molar refractivity (Wildman–Crippen MR) is 105 cm³/mol. The van der Waals surface area contributed by atoms with E-state index in [9.17, 15) is 5.11 Å². The molecule has 138 valence electrons. The summed E-state index contributed by atoms with van der Waals surface area (Å²) in [6.45, 7) is 1.92. The number of halogens is 1. The molecule has 4 rings (SSSR count). The molecule has 2 aromatic rings. The van der Waals surface area contributed by atoms with Crippen LogP contribution in [0.25, 0.3) is 17.0 Å². The second-order valence-corrected chi connectivity index (χ2v) is 6.92. The third kappa shape index (κ3) is 3.64. The molecule has 1 aromatic carbocycles. The molecule has 2 aliphatic rings. The van der Waals surface area contributed by atoms with E-state index in [0.29, 0.717) is 17.9 Å². The first-order valence-electron chi connectivity index (χ1n) is 8.73. The van der Waals surface area contributed by atoms with Crippen molar-refractivity contribution in [3.8, 4) is 17.0 Å². The van der Waals surface area contributed by atoms with Crippen LogP contribution in [0.2, 0.25) is 5.02 Å². The average molecular weight is 383 g/mol. The maximum atomic E-state index is 9.67. The van der Waals surface area contributed by atoms with Crippen LogP contribution in [0.1, 0.15) is 30.5 Å². The number of phenolic OH excluding ortho intramolecular Hbond substituents is 1. The summed E-state index contributed by atoms with van der Waals surface area (Å²) < 4.78 is 11.7. The number of aromatic amines is 1. The van der Waals surface area contributed by atoms with E-state index >= 15 is 0 Å². The molecule has 2 heterocycles. The standard InChI is InChI=1S/C21H19ClN2O3/c1-13-20(21(24-23-13)15-7-8-18(25)17(22)10-15)19-12-26-11-16(27-19)9-14-5-3-2-4-6-14/h2-3,5,7-8,10-12,25H,4,6,9H2,1H3,(H,23,24). The summed E-state index contributed by atoms with van der Waals surface area (Å²) in [6.07, 6.45) is 12.3. The topological polar surface area (TPSA) is 67.4 Å². The maximum Gasteiger partial charge on any atom is 0.173 e. The smallest absolute Gasteiger partial charge is 0.173 e. The molecule has 0 spiro atoms. The third-order valence-corrected chi connectivity index (χ3v) is 4.83. The van der Waals surface area contributed by atoms with Crippen LogP contribution in [-0.2, 0) is 9.47 Å². The Morgan fingerprint density at radius 3 is 2.96 bits per heavy atom. The highest BCUT2D eigenvalue weighted by atomic mass is 35.5. The van der Waals surface area contributed by atoms with Crippen LogP contribution >= 0.6 is 11.6 Å². The van der Waals surface area contributed by atoms with E-state index in [0.717, 1.165) is 35.4 Å². The van der Waals surface area contributed by atoms with Gasteiger partial charge in [0.15, 0.2) is 5.76 Å². The highest BCUT2D eigenvalue weighted by Crippen LogP contribution is 2.37. The van der Waals surface area contributed by atoms with Crippen LogP contribution in [0.4, 0.5) is 0 Å². The minimum atomic E-state index is 0.0331. The SMILES string of the molecule is Cc1[nH]nc(-c2ccc(O)c(Cl)c2)c1C1=COC=C(CC2=CC=CCC2)O1. The number of phenols is 1. The molecule has 6 heteroatoms. The molecule has 0 fully saturated rings. The fraction of sp³-hybridized carbons (Fsp3) is 0.190. The lowest BCUT2D eigenvalue weighted by Crippen LogP contribution is -2.03. The van der Waals surface area contributed by atoms with Crippen molar-refractivity contribution in [2.24, 2.45) is 0 Å². The van der Waals surface area contributed by atoms with Crippen LogP contribution in [0.5, 0.6) is 5.75 Å². The summed E-state index contributed by atoms with van der Waals surface area (Å²) in [5, 5.41) is 17.3. The van der Waals surface area contributed by atoms with Crippen LogP contribution in [-0.4, -0.2) is 15.3 Å². The Hall–Kier alpha value is -2.92. The molecule has 1 aliphatic heterocycles. The average Bonchev–Trinajstić information content (AvgIpc) is 3.06. The Morgan fingerprint density at radius 1 is 1.30 bits per heavy atom. The fourth-order valence-corrected chi connectivity index (χ4v) is 3.35. The third-order valence-electron chi connectivity index (χ3n) is 4.53. The Kier molecular flexibility index (Phi) is 4.77. The van der Waals surface area contributed by atoms with Crippen LogP contribution in [0.3, 0.4) is 0 Å². The van der Waals surface area contributed by atoms with Gasteiger partial charge in [0, 0.05) is 17.7 Å². The van der Waals surface area contributed by atoms with Crippen molar-refractivity contribution >= 4 is 17.4 Å². The first kappa shape index (κ1) is 17.5. The second-order valence-electron chi connectivity index (χ2n) is 6.51. The summed E-state index contributed by atoms with van der Waals surface area (Å²) in [5.74, 6) is 1.37. The molecule has 0 saturated carbocycles. The zero-order chi connectivity index (χ0) is 18.8. The van der Waals surface area contributed by atoms with Crippen molar-refractivity contribution in [3.05, 3.63) is 76.6 Å². The number of aromatic hydroxyl groups is 1. The van der Waals surface area contributed by atoms with E-state index in [1.807, 2.05) is 6.92 Å². The Balaban J connectivity index is 1.61. The summed E-state index contributed by atoms with van der Waals surface area (Å²) in [4.78, 5) is 0. The summed E-state index contributed by atoms with van der Waals surface area (Å²) in [5.41, 5.74) is 4.43. The zero-order valence-corrected chi connectivity index (χ0v) is 15.6. The minimum Gasteiger partial charge on any atom is -0.506 e. The molecular weight excluding hydrogens is 364 g/mol. The highest BCUT2D eigenvalue weighted by molar-refractivity contribution is 6.32. The Bertz CT molecular complexity index is 999. The van der Waals surface area contributed by atoms with Crippen molar-refractivity contribution in [2.45, 2.75) is 26.2 Å². The van der Waals surface area contributed by atoms with Crippen LogP contribution < -0.4 is 0 Å². The van der Waals surface area contributed by atoms with E-state index < -0.39 is 0 Å². The number of rotatable bonds is 4. The zero-order valence-electron chi connectivity index (χ0n) is 14.8. The minimum absolute atomic E-state index is 0.0331. The van der Waals surface area contributed by atoms with Gasteiger partial charge in [0.2, 0.25) is 0 Å². The molecule has 0 amide bonds. The van der Waals surface area contributed by atoms with Crippen molar-refractivity contribution in [1.29, 1.82) is 0 Å². The van der Waals surface area contributed by atoms with Gasteiger partial charge in [0.05, 0.1) is 10.6 Å². The lowest BCUT2D eigenvalue weighted by atomic mass is 10.0. The quantitative estimate of drug-likeness (QED) is 0.722. The number of ether oxygens (including phenoxy) is 2. The first-order chi connectivity index (χ1) is 13.1. The van der Waals surface area contributed by atoms with Crippen LogP contribution in [0, 0.1) is 6.92 Å². The number of allylic oxidation sites excluding steroid dienone is 4. The van der Waals surface area contributed by atoms with E-state index in [4.69, 9.17) is 21.1 Å². The molecule has 1 aromatic heterocycles. The van der Waals surface area contributed by atoms with Gasteiger partial charge < -0.3 is 14.6 Å². The van der Waals surface area contributed by atoms with Crippen molar-refractivity contribution < 1.29 is 14.6 Å². The molecule has 2 N–H and O–H groups in total. The Morgan fingerprint density at radius 2 is 2.19 bits per heavy atom. The number of nitrogens with zero attached hydrogens (tertiary/aromatic N) is 1. The van der Waals surface area contributed by atoms with Gasteiger partial charge in [0.1, 0.15) is 29.7 Å².